The van der Waals surface area contributed by atoms with Crippen LogP contribution in [0.5, 0.6) is 0 Å². The van der Waals surface area contributed by atoms with Crippen molar-refractivity contribution in [2.75, 3.05) is 26.7 Å². The Kier molecular flexibility index (Phi) is 9.42. The van der Waals surface area contributed by atoms with Crippen molar-refractivity contribution in [3.05, 3.63) is 35.9 Å². The zero-order valence-electron chi connectivity index (χ0n) is 14.6. The number of sulfonamides is 1. The summed E-state index contributed by atoms with van der Waals surface area (Å²) in [6.45, 7) is 1.76. The first kappa shape index (κ1) is 21.9. The zero-order chi connectivity index (χ0) is 17.4. The van der Waals surface area contributed by atoms with E-state index >= 15 is 0 Å². The Morgan fingerprint density at radius 3 is 2.44 bits per heavy atom. The molecule has 25 heavy (non-hydrogen) atoms. The van der Waals surface area contributed by atoms with Crippen LogP contribution in [0.2, 0.25) is 0 Å². The van der Waals surface area contributed by atoms with Crippen LogP contribution in [0.4, 0.5) is 0 Å². The summed E-state index contributed by atoms with van der Waals surface area (Å²) in [7, 11) is -1.43. The number of carbonyl (C=O) groups excluding carboxylic acids is 1. The molecule has 1 fully saturated rings. The molecule has 1 aliphatic rings. The molecule has 0 radical (unpaired) electrons. The van der Waals surface area contributed by atoms with Crippen LogP contribution in [-0.2, 0) is 20.6 Å². The topological polar surface area (TPSA) is 78.5 Å². The van der Waals surface area contributed by atoms with E-state index < -0.39 is 10.0 Å². The van der Waals surface area contributed by atoms with Gasteiger partial charge in [0.05, 0.1) is 5.75 Å². The molecule has 0 aliphatic carbocycles. The number of carbonyl (C=O) groups is 1. The molecule has 8 heteroatoms. The molecule has 0 aromatic heterocycles. The van der Waals surface area contributed by atoms with Crippen molar-refractivity contribution in [3.63, 3.8) is 0 Å². The van der Waals surface area contributed by atoms with E-state index in [4.69, 9.17) is 0 Å². The lowest BCUT2D eigenvalue weighted by atomic mass is 10.1. The molecule has 1 aromatic rings. The summed E-state index contributed by atoms with van der Waals surface area (Å²) in [6, 6.07) is 9.31. The largest absolute Gasteiger partial charge is 0.353 e. The van der Waals surface area contributed by atoms with Gasteiger partial charge in [0.1, 0.15) is 0 Å². The number of hydrogen-bond donors (Lipinski definition) is 2. The van der Waals surface area contributed by atoms with Crippen molar-refractivity contribution in [3.8, 4) is 0 Å². The van der Waals surface area contributed by atoms with Gasteiger partial charge in [-0.25, -0.2) is 12.7 Å². The van der Waals surface area contributed by atoms with Crippen molar-refractivity contribution in [2.45, 2.75) is 37.5 Å². The average Bonchev–Trinajstić information content (AvgIpc) is 2.56. The molecule has 2 rings (SSSR count). The maximum absolute atomic E-state index is 12.5. The fraction of sp³-hybridized carbons (Fsp3) is 0.588. The molecular weight excluding hydrogens is 362 g/mol. The molecule has 1 heterocycles. The van der Waals surface area contributed by atoms with Gasteiger partial charge < -0.3 is 10.6 Å². The van der Waals surface area contributed by atoms with E-state index in [0.29, 0.717) is 32.4 Å². The molecule has 0 atom stereocenters. The van der Waals surface area contributed by atoms with Gasteiger partial charge in [0, 0.05) is 25.6 Å². The molecule has 6 nitrogen and oxygen atoms in total. The molecule has 1 aromatic carbocycles. The highest BCUT2D eigenvalue weighted by Gasteiger charge is 2.28. The fourth-order valence-corrected chi connectivity index (χ4v) is 4.44. The first-order valence-corrected chi connectivity index (χ1v) is 10.1. The van der Waals surface area contributed by atoms with Gasteiger partial charge in [0.2, 0.25) is 15.9 Å². The van der Waals surface area contributed by atoms with Gasteiger partial charge in [0.25, 0.3) is 0 Å². The molecule has 1 aliphatic heterocycles. The molecular formula is C17H28ClN3O3S. The Morgan fingerprint density at radius 2 is 1.84 bits per heavy atom. The van der Waals surface area contributed by atoms with Gasteiger partial charge in [0.15, 0.2) is 0 Å². The number of benzene rings is 1. The van der Waals surface area contributed by atoms with Gasteiger partial charge in [-0.15, -0.1) is 12.4 Å². The third-order valence-electron chi connectivity index (χ3n) is 4.23. The lowest BCUT2D eigenvalue weighted by Crippen LogP contribution is -2.46. The van der Waals surface area contributed by atoms with E-state index in [1.54, 1.807) is 4.31 Å². The molecule has 1 amide bonds. The van der Waals surface area contributed by atoms with Gasteiger partial charge >= 0.3 is 0 Å². The van der Waals surface area contributed by atoms with Crippen LogP contribution in [0, 0.1) is 0 Å². The average molecular weight is 390 g/mol. The standard InChI is InChI=1S/C17H27N3O3S.ClH/c1-18-11-5-8-17(21)19-16-9-12-20(13-10-16)24(22,23)14-15-6-3-2-4-7-15;/h2-4,6-7,16,18H,5,8-14H2,1H3,(H,19,21);1H. The molecule has 0 saturated carbocycles. The van der Waals surface area contributed by atoms with Crippen molar-refractivity contribution >= 4 is 28.3 Å². The highest BCUT2D eigenvalue weighted by molar-refractivity contribution is 7.88. The quantitative estimate of drug-likeness (QED) is 0.661. The Labute approximate surface area is 156 Å². The SMILES string of the molecule is CNCCCC(=O)NC1CCN(S(=O)(=O)Cc2ccccc2)CC1.Cl. The summed E-state index contributed by atoms with van der Waals surface area (Å²) in [5.41, 5.74) is 0.803. The van der Waals surface area contributed by atoms with Gasteiger partial charge in [-0.2, -0.15) is 0 Å². The number of nitrogens with one attached hydrogen (secondary N) is 2. The number of hydrogen-bond acceptors (Lipinski definition) is 4. The van der Waals surface area contributed by atoms with Crippen molar-refractivity contribution < 1.29 is 13.2 Å². The second-order valence-corrected chi connectivity index (χ2v) is 8.16. The first-order chi connectivity index (χ1) is 11.5. The second-order valence-electron chi connectivity index (χ2n) is 6.19. The Bertz CT molecular complexity index is 617. The van der Waals surface area contributed by atoms with E-state index in [2.05, 4.69) is 10.6 Å². The molecule has 0 spiro atoms. The summed E-state index contributed by atoms with van der Waals surface area (Å²) in [4.78, 5) is 11.8. The van der Waals surface area contributed by atoms with E-state index in [9.17, 15) is 13.2 Å². The second kappa shape index (κ2) is 10.8. The predicted molar refractivity (Wildman–Crippen MR) is 102 cm³/mol. The van der Waals surface area contributed by atoms with Crippen LogP contribution >= 0.6 is 12.4 Å². The summed E-state index contributed by atoms with van der Waals surface area (Å²) in [5.74, 6) is 0.0883. The number of halogens is 1. The minimum atomic E-state index is -3.29. The van der Waals surface area contributed by atoms with Crippen LogP contribution in [-0.4, -0.2) is 51.4 Å². The number of amides is 1. The van der Waals surface area contributed by atoms with E-state index in [0.717, 1.165) is 18.5 Å². The number of piperidine rings is 1. The highest BCUT2D eigenvalue weighted by Crippen LogP contribution is 2.17. The maximum atomic E-state index is 12.5. The highest BCUT2D eigenvalue weighted by atomic mass is 35.5. The monoisotopic (exact) mass is 389 g/mol. The van der Waals surface area contributed by atoms with Crippen LogP contribution < -0.4 is 10.6 Å². The summed E-state index contributed by atoms with van der Waals surface area (Å²) < 4.78 is 26.5. The van der Waals surface area contributed by atoms with E-state index in [-0.39, 0.29) is 30.1 Å². The number of rotatable bonds is 8. The molecule has 142 valence electrons. The summed E-state index contributed by atoms with van der Waals surface area (Å²) in [5, 5.41) is 6.03. The molecule has 2 N–H and O–H groups in total. The molecule has 0 bridgehead atoms. The summed E-state index contributed by atoms with van der Waals surface area (Å²) in [6.07, 6.45) is 2.66. The van der Waals surface area contributed by atoms with Crippen LogP contribution in [0.25, 0.3) is 0 Å². The predicted octanol–water partition coefficient (Wildman–Crippen LogP) is 1.52. The van der Waals surface area contributed by atoms with Crippen LogP contribution in [0.3, 0.4) is 0 Å². The van der Waals surface area contributed by atoms with Gasteiger partial charge in [-0.1, -0.05) is 30.3 Å². The normalized spacial score (nSPS) is 16.2. The lowest BCUT2D eigenvalue weighted by Gasteiger charge is -2.31. The fourth-order valence-electron chi connectivity index (χ4n) is 2.88. The van der Waals surface area contributed by atoms with Crippen LogP contribution in [0.1, 0.15) is 31.2 Å². The van der Waals surface area contributed by atoms with Gasteiger partial charge in [-0.05, 0) is 38.4 Å². The Hall–Kier alpha value is -1.15. The van der Waals surface area contributed by atoms with Crippen molar-refractivity contribution in [1.29, 1.82) is 0 Å². The van der Waals surface area contributed by atoms with E-state index in [1.807, 2.05) is 37.4 Å². The van der Waals surface area contributed by atoms with E-state index in [1.165, 1.54) is 0 Å². The minimum Gasteiger partial charge on any atom is -0.353 e. The zero-order valence-corrected chi connectivity index (χ0v) is 16.2. The van der Waals surface area contributed by atoms with Gasteiger partial charge in [-0.3, -0.25) is 4.79 Å². The summed E-state index contributed by atoms with van der Waals surface area (Å²) >= 11 is 0. The lowest BCUT2D eigenvalue weighted by molar-refractivity contribution is -0.122. The third-order valence-corrected chi connectivity index (χ3v) is 6.09. The minimum absolute atomic E-state index is 0. The third kappa shape index (κ3) is 7.32. The van der Waals surface area contributed by atoms with Crippen molar-refractivity contribution in [1.82, 2.24) is 14.9 Å². The molecule has 1 saturated heterocycles. The Morgan fingerprint density at radius 1 is 1.20 bits per heavy atom. The first-order valence-electron chi connectivity index (χ1n) is 8.47. The van der Waals surface area contributed by atoms with Crippen molar-refractivity contribution in [2.24, 2.45) is 0 Å². The van der Waals surface area contributed by atoms with Crippen LogP contribution in [0.15, 0.2) is 30.3 Å². The Balaban J connectivity index is 0.00000312. The smallest absolute Gasteiger partial charge is 0.220 e. The number of nitrogens with zero attached hydrogens (tertiary/aromatic N) is 1. The molecule has 0 unspecified atom stereocenters. The maximum Gasteiger partial charge on any atom is 0.220 e.